The van der Waals surface area contributed by atoms with E-state index in [9.17, 15) is 9.18 Å². The first kappa shape index (κ1) is 18.5. The third kappa shape index (κ3) is 3.61. The highest BCUT2D eigenvalue weighted by Gasteiger charge is 2.41. The molecule has 146 valence electrons. The Morgan fingerprint density at radius 2 is 1.96 bits per heavy atom. The number of carbonyl (C=O) groups excluding carboxylic acids is 1. The molecular formula is C23H24FNO3. The van der Waals surface area contributed by atoms with Crippen LogP contribution in [0, 0.1) is 5.82 Å². The fraction of sp³-hybridized carbons (Fsp3) is 0.348. The van der Waals surface area contributed by atoms with E-state index in [4.69, 9.17) is 9.47 Å². The van der Waals surface area contributed by atoms with Gasteiger partial charge >= 0.3 is 6.09 Å². The highest BCUT2D eigenvalue weighted by atomic mass is 19.1. The van der Waals surface area contributed by atoms with E-state index in [0.29, 0.717) is 24.3 Å². The summed E-state index contributed by atoms with van der Waals surface area (Å²) in [7, 11) is 0. The Morgan fingerprint density at radius 1 is 1.14 bits per heavy atom. The fourth-order valence-electron chi connectivity index (χ4n) is 4.19. The van der Waals surface area contributed by atoms with Crippen molar-refractivity contribution in [2.24, 2.45) is 0 Å². The Balaban J connectivity index is 1.52. The van der Waals surface area contributed by atoms with E-state index in [0.717, 1.165) is 24.0 Å². The van der Waals surface area contributed by atoms with Gasteiger partial charge in [0.2, 0.25) is 0 Å². The Labute approximate surface area is 164 Å². The highest BCUT2D eigenvalue weighted by Crippen LogP contribution is 2.42. The summed E-state index contributed by atoms with van der Waals surface area (Å²) < 4.78 is 25.7. The molecule has 1 amide bonds. The molecule has 2 bridgehead atoms. The second-order valence-corrected chi connectivity index (χ2v) is 7.19. The molecule has 1 saturated heterocycles. The van der Waals surface area contributed by atoms with Crippen molar-refractivity contribution in [3.8, 4) is 5.75 Å². The fourth-order valence-corrected chi connectivity index (χ4v) is 4.19. The lowest BCUT2D eigenvalue weighted by Crippen LogP contribution is -2.43. The third-order valence-electron chi connectivity index (χ3n) is 5.41. The molecule has 2 heterocycles. The summed E-state index contributed by atoms with van der Waals surface area (Å²) in [5.74, 6) is 0.282. The van der Waals surface area contributed by atoms with E-state index in [1.54, 1.807) is 12.1 Å². The van der Waals surface area contributed by atoms with Gasteiger partial charge in [-0.05, 0) is 49.5 Å². The molecule has 0 radical (unpaired) electrons. The minimum absolute atomic E-state index is 0.0300. The molecule has 2 aromatic carbocycles. The Kier molecular flexibility index (Phi) is 5.33. The lowest BCUT2D eigenvalue weighted by atomic mass is 9.94. The number of rotatable bonds is 5. The zero-order chi connectivity index (χ0) is 19.5. The number of halogens is 1. The van der Waals surface area contributed by atoms with Gasteiger partial charge in [-0.15, -0.1) is 0 Å². The average Bonchev–Trinajstić information content (AvgIpc) is 2.97. The van der Waals surface area contributed by atoms with Crippen molar-refractivity contribution in [3.63, 3.8) is 0 Å². The summed E-state index contributed by atoms with van der Waals surface area (Å²) in [6.07, 6.45) is 4.08. The second kappa shape index (κ2) is 8.05. The van der Waals surface area contributed by atoms with E-state index in [1.165, 1.54) is 6.07 Å². The van der Waals surface area contributed by atoms with E-state index in [-0.39, 0.29) is 30.6 Å². The maximum atomic E-state index is 14.6. The Bertz CT molecular complexity index is 881. The van der Waals surface area contributed by atoms with Crippen molar-refractivity contribution >= 4 is 11.7 Å². The van der Waals surface area contributed by atoms with E-state index in [1.807, 2.05) is 48.2 Å². The van der Waals surface area contributed by atoms with Crippen molar-refractivity contribution in [1.82, 2.24) is 4.90 Å². The minimum Gasteiger partial charge on any atom is -0.493 e. The van der Waals surface area contributed by atoms with Gasteiger partial charge < -0.3 is 9.47 Å². The molecule has 0 aliphatic carbocycles. The van der Waals surface area contributed by atoms with Crippen LogP contribution in [0.4, 0.5) is 9.18 Å². The minimum atomic E-state index is -0.301. The van der Waals surface area contributed by atoms with Crippen LogP contribution in [-0.2, 0) is 11.3 Å². The van der Waals surface area contributed by atoms with Crippen LogP contribution in [0.2, 0.25) is 0 Å². The molecule has 0 saturated carbocycles. The van der Waals surface area contributed by atoms with Crippen molar-refractivity contribution in [3.05, 3.63) is 71.6 Å². The number of nitrogens with zero attached hydrogens (tertiary/aromatic N) is 1. The molecule has 2 aliphatic heterocycles. The largest absolute Gasteiger partial charge is 0.493 e. The quantitative estimate of drug-likeness (QED) is 0.716. The standard InChI is InChI=1S/C23H24FNO3/c1-2-27-21-10-6-9-20(24)22(21)17-13-18-11-12-19(14-17)25(18)23(26)28-15-16-7-4-3-5-8-16/h3-10,13,18-19H,2,11-12,14-15H2,1H3. The second-order valence-electron chi connectivity index (χ2n) is 7.19. The first-order chi connectivity index (χ1) is 13.7. The number of benzene rings is 2. The predicted octanol–water partition coefficient (Wildman–Crippen LogP) is 5.18. The molecule has 0 aromatic heterocycles. The molecular weight excluding hydrogens is 357 g/mol. The van der Waals surface area contributed by atoms with Crippen LogP contribution in [0.25, 0.3) is 5.57 Å². The zero-order valence-electron chi connectivity index (χ0n) is 15.9. The van der Waals surface area contributed by atoms with Crippen LogP contribution in [0.5, 0.6) is 5.75 Å². The van der Waals surface area contributed by atoms with Gasteiger partial charge in [-0.3, -0.25) is 4.90 Å². The van der Waals surface area contributed by atoms with Gasteiger partial charge in [0.15, 0.2) is 0 Å². The van der Waals surface area contributed by atoms with Crippen LogP contribution < -0.4 is 4.74 Å². The number of amides is 1. The first-order valence-corrected chi connectivity index (χ1v) is 9.78. The summed E-state index contributed by atoms with van der Waals surface area (Å²) in [5.41, 5.74) is 2.41. The SMILES string of the molecule is CCOc1cccc(F)c1C1=CC2CCC(C1)N2C(=O)OCc1ccccc1. The van der Waals surface area contributed by atoms with Gasteiger partial charge in [-0.25, -0.2) is 9.18 Å². The summed E-state index contributed by atoms with van der Waals surface area (Å²) in [6, 6.07) is 14.5. The Morgan fingerprint density at radius 3 is 2.71 bits per heavy atom. The monoisotopic (exact) mass is 381 g/mol. The smallest absolute Gasteiger partial charge is 0.410 e. The molecule has 5 heteroatoms. The number of hydrogen-bond donors (Lipinski definition) is 0. The van der Waals surface area contributed by atoms with Crippen LogP contribution >= 0.6 is 0 Å². The third-order valence-corrected chi connectivity index (χ3v) is 5.41. The first-order valence-electron chi connectivity index (χ1n) is 9.78. The molecule has 2 unspecified atom stereocenters. The predicted molar refractivity (Wildman–Crippen MR) is 105 cm³/mol. The van der Waals surface area contributed by atoms with Crippen molar-refractivity contribution in [2.45, 2.75) is 44.9 Å². The number of carbonyl (C=O) groups is 1. The summed E-state index contributed by atoms with van der Waals surface area (Å²) in [5, 5.41) is 0. The van der Waals surface area contributed by atoms with Crippen LogP contribution in [0.3, 0.4) is 0 Å². The molecule has 2 aliphatic rings. The number of fused-ring (bicyclic) bond motifs is 2. The zero-order valence-corrected chi connectivity index (χ0v) is 15.9. The molecule has 0 spiro atoms. The molecule has 28 heavy (non-hydrogen) atoms. The number of hydrogen-bond acceptors (Lipinski definition) is 3. The van der Waals surface area contributed by atoms with Gasteiger partial charge in [0.05, 0.1) is 18.2 Å². The molecule has 4 rings (SSSR count). The van der Waals surface area contributed by atoms with Gasteiger partial charge in [-0.1, -0.05) is 42.5 Å². The normalized spacial score (nSPS) is 20.6. The highest BCUT2D eigenvalue weighted by molar-refractivity contribution is 5.77. The Hall–Kier alpha value is -2.82. The topological polar surface area (TPSA) is 38.8 Å². The van der Waals surface area contributed by atoms with Crippen LogP contribution in [-0.4, -0.2) is 29.7 Å². The van der Waals surface area contributed by atoms with Crippen LogP contribution in [0.15, 0.2) is 54.6 Å². The van der Waals surface area contributed by atoms with Gasteiger partial charge in [-0.2, -0.15) is 0 Å². The van der Waals surface area contributed by atoms with Crippen molar-refractivity contribution < 1.29 is 18.7 Å². The van der Waals surface area contributed by atoms with Crippen LogP contribution in [0.1, 0.15) is 37.3 Å². The molecule has 2 atom stereocenters. The van der Waals surface area contributed by atoms with Gasteiger partial charge in [0.1, 0.15) is 18.2 Å². The molecule has 2 aromatic rings. The lowest BCUT2D eigenvalue weighted by Gasteiger charge is -2.33. The van der Waals surface area contributed by atoms with E-state index < -0.39 is 0 Å². The number of ether oxygens (including phenoxy) is 2. The lowest BCUT2D eigenvalue weighted by molar-refractivity contribution is 0.0832. The van der Waals surface area contributed by atoms with Gasteiger partial charge in [0.25, 0.3) is 0 Å². The van der Waals surface area contributed by atoms with Crippen molar-refractivity contribution in [1.29, 1.82) is 0 Å². The maximum Gasteiger partial charge on any atom is 0.410 e. The molecule has 4 nitrogen and oxygen atoms in total. The van der Waals surface area contributed by atoms with E-state index >= 15 is 0 Å². The summed E-state index contributed by atoms with van der Waals surface area (Å²) in [6.45, 7) is 2.63. The summed E-state index contributed by atoms with van der Waals surface area (Å²) >= 11 is 0. The average molecular weight is 381 g/mol. The maximum absolute atomic E-state index is 14.6. The molecule has 1 fully saturated rings. The van der Waals surface area contributed by atoms with Crippen molar-refractivity contribution in [2.75, 3.05) is 6.61 Å². The van der Waals surface area contributed by atoms with Gasteiger partial charge in [0, 0.05) is 6.04 Å². The van der Waals surface area contributed by atoms with E-state index in [2.05, 4.69) is 0 Å². The summed E-state index contributed by atoms with van der Waals surface area (Å²) in [4.78, 5) is 14.5. The molecule has 0 N–H and O–H groups in total.